The van der Waals surface area contributed by atoms with Gasteiger partial charge in [0.2, 0.25) is 0 Å². The van der Waals surface area contributed by atoms with Crippen LogP contribution in [0.1, 0.15) is 33.3 Å². The van der Waals surface area contributed by atoms with Gasteiger partial charge in [-0.15, -0.1) is 0 Å². The first kappa shape index (κ1) is 28.7. The molecule has 0 bridgehead atoms. The number of H-pyrrole nitrogens is 1. The van der Waals surface area contributed by atoms with Gasteiger partial charge in [0.15, 0.2) is 5.78 Å². The molecule has 1 saturated heterocycles. The first-order chi connectivity index (χ1) is 22.0. The van der Waals surface area contributed by atoms with E-state index in [0.29, 0.717) is 5.56 Å². The van der Waals surface area contributed by atoms with Crippen molar-refractivity contribution in [1.82, 2.24) is 9.55 Å². The van der Waals surface area contributed by atoms with Crippen LogP contribution in [0.3, 0.4) is 0 Å². The SMILES string of the molecule is COc1ccc(C(OC[C@H]2O[C@@H](n3ccc(=O)[nH]c3=O)[C@@H]3C(C(=O)c4ccccc4)[C@@H]32)(c2ccccc2)c2ccccc2)cc1. The Hall–Kier alpha value is -5.05. The molecule has 2 heterocycles. The molecule has 1 aromatic heterocycles. The Balaban J connectivity index is 1.29. The van der Waals surface area contributed by atoms with Crippen molar-refractivity contribution in [3.8, 4) is 5.75 Å². The lowest BCUT2D eigenvalue weighted by Gasteiger charge is -2.37. The zero-order chi connectivity index (χ0) is 31.0. The molecule has 1 aliphatic carbocycles. The molecule has 45 heavy (non-hydrogen) atoms. The number of ketones is 1. The third kappa shape index (κ3) is 5.12. The summed E-state index contributed by atoms with van der Waals surface area (Å²) in [4.78, 5) is 40.8. The predicted octanol–water partition coefficient (Wildman–Crippen LogP) is 5.20. The molecule has 5 atom stereocenters. The Morgan fingerprint density at radius 2 is 1.36 bits per heavy atom. The first-order valence-electron chi connectivity index (χ1n) is 15.0. The van der Waals surface area contributed by atoms with Crippen molar-refractivity contribution in [1.29, 1.82) is 0 Å². The van der Waals surface area contributed by atoms with Crippen LogP contribution in [0.15, 0.2) is 137 Å². The van der Waals surface area contributed by atoms with Crippen molar-refractivity contribution in [2.45, 2.75) is 17.9 Å². The lowest BCUT2D eigenvalue weighted by molar-refractivity contribution is -0.0984. The van der Waals surface area contributed by atoms with Gasteiger partial charge in [0.1, 0.15) is 17.6 Å². The number of nitrogens with zero attached hydrogens (tertiary/aromatic N) is 1. The van der Waals surface area contributed by atoms with E-state index in [1.165, 1.54) is 16.8 Å². The van der Waals surface area contributed by atoms with Crippen LogP contribution in [-0.4, -0.2) is 35.2 Å². The van der Waals surface area contributed by atoms with Gasteiger partial charge >= 0.3 is 5.69 Å². The van der Waals surface area contributed by atoms with Crippen molar-refractivity contribution in [2.75, 3.05) is 13.7 Å². The van der Waals surface area contributed by atoms with Crippen LogP contribution in [0.5, 0.6) is 5.75 Å². The summed E-state index contributed by atoms with van der Waals surface area (Å²) in [6.45, 7) is 0.143. The third-order valence-electron chi connectivity index (χ3n) is 9.01. The highest BCUT2D eigenvalue weighted by atomic mass is 16.6. The number of carbonyl (C=O) groups excluding carboxylic acids is 1. The highest BCUT2D eigenvalue weighted by molar-refractivity contribution is 6.00. The summed E-state index contributed by atoms with van der Waals surface area (Å²) in [5, 5.41) is 0. The van der Waals surface area contributed by atoms with Gasteiger partial charge in [0, 0.05) is 35.6 Å². The van der Waals surface area contributed by atoms with Crippen molar-refractivity contribution in [3.05, 3.63) is 171 Å². The van der Waals surface area contributed by atoms with Crippen LogP contribution in [0, 0.1) is 17.8 Å². The fourth-order valence-corrected chi connectivity index (χ4v) is 6.87. The van der Waals surface area contributed by atoms with Gasteiger partial charge in [-0.2, -0.15) is 0 Å². The molecule has 2 aliphatic rings. The highest BCUT2D eigenvalue weighted by Crippen LogP contribution is 2.62. The maximum atomic E-state index is 13.8. The van der Waals surface area contributed by atoms with Gasteiger partial charge in [-0.3, -0.25) is 19.1 Å². The standard InChI is InChI=1S/C37H32N2O6/c1-43-28-19-17-27(18-20-28)37(25-13-7-3-8-14-25,26-15-9-4-10-16-26)44-23-29-31-32(34(41)24-11-5-2-6-12-24)33(31)35(45-29)39-22-21-30(40)38-36(39)42/h2-22,29,31-33,35H,23H2,1H3,(H,38,40,42)/t29-,31+,32?,33+,35-/m1/s1. The highest BCUT2D eigenvalue weighted by Gasteiger charge is 2.68. The number of carbonyl (C=O) groups is 1. The van der Waals surface area contributed by atoms with E-state index in [4.69, 9.17) is 14.2 Å². The number of nitrogens with one attached hydrogen (secondary N) is 1. The van der Waals surface area contributed by atoms with E-state index >= 15 is 0 Å². The van der Waals surface area contributed by atoms with Gasteiger partial charge in [0.25, 0.3) is 5.56 Å². The molecule has 1 N–H and O–H groups in total. The number of ether oxygens (including phenoxy) is 3. The molecule has 1 aliphatic heterocycles. The quantitative estimate of drug-likeness (QED) is 0.175. The molecule has 0 amide bonds. The summed E-state index contributed by atoms with van der Waals surface area (Å²) in [6.07, 6.45) is 0.209. The zero-order valence-electron chi connectivity index (χ0n) is 24.6. The molecule has 7 rings (SSSR count). The van der Waals surface area contributed by atoms with Crippen molar-refractivity contribution in [2.24, 2.45) is 17.8 Å². The number of methoxy groups -OCH3 is 1. The van der Waals surface area contributed by atoms with E-state index < -0.39 is 29.2 Å². The number of aromatic amines is 1. The second kappa shape index (κ2) is 11.8. The number of Topliss-reactive ketones (excluding diaryl/α,β-unsaturated/α-hetero) is 1. The number of rotatable bonds is 10. The maximum absolute atomic E-state index is 13.8. The minimum Gasteiger partial charge on any atom is -0.497 e. The van der Waals surface area contributed by atoms with Gasteiger partial charge in [0.05, 0.1) is 19.8 Å². The van der Waals surface area contributed by atoms with E-state index in [2.05, 4.69) is 4.98 Å². The third-order valence-corrected chi connectivity index (χ3v) is 9.01. The Morgan fingerprint density at radius 3 is 1.93 bits per heavy atom. The molecule has 4 aromatic carbocycles. The van der Waals surface area contributed by atoms with Gasteiger partial charge < -0.3 is 14.2 Å². The van der Waals surface area contributed by atoms with Crippen molar-refractivity contribution >= 4 is 5.78 Å². The van der Waals surface area contributed by atoms with Crippen molar-refractivity contribution in [3.63, 3.8) is 0 Å². The van der Waals surface area contributed by atoms with Crippen LogP contribution in [0.2, 0.25) is 0 Å². The second-order valence-electron chi connectivity index (χ2n) is 11.4. The molecule has 226 valence electrons. The van der Waals surface area contributed by atoms with Crippen LogP contribution >= 0.6 is 0 Å². The summed E-state index contributed by atoms with van der Waals surface area (Å²) >= 11 is 0. The molecule has 0 radical (unpaired) electrons. The Kier molecular flexibility index (Phi) is 7.53. The Labute approximate surface area is 259 Å². The van der Waals surface area contributed by atoms with E-state index in [-0.39, 0.29) is 30.1 Å². The molecular formula is C37H32N2O6. The largest absolute Gasteiger partial charge is 0.497 e. The van der Waals surface area contributed by atoms with Gasteiger partial charge in [-0.05, 0) is 28.8 Å². The number of aromatic nitrogens is 2. The smallest absolute Gasteiger partial charge is 0.330 e. The zero-order valence-corrected chi connectivity index (χ0v) is 24.6. The van der Waals surface area contributed by atoms with Gasteiger partial charge in [-0.25, -0.2) is 4.79 Å². The number of hydrogen-bond donors (Lipinski definition) is 1. The lowest BCUT2D eigenvalue weighted by atomic mass is 9.80. The minimum atomic E-state index is -1.02. The van der Waals surface area contributed by atoms with E-state index in [0.717, 1.165) is 22.4 Å². The molecule has 1 unspecified atom stereocenters. The molecule has 0 spiro atoms. The maximum Gasteiger partial charge on any atom is 0.330 e. The lowest BCUT2D eigenvalue weighted by Crippen LogP contribution is -2.38. The van der Waals surface area contributed by atoms with Crippen LogP contribution < -0.4 is 16.0 Å². The summed E-state index contributed by atoms with van der Waals surface area (Å²) < 4.78 is 20.4. The molecule has 1 saturated carbocycles. The van der Waals surface area contributed by atoms with E-state index in [1.807, 2.05) is 115 Å². The number of hydrogen-bond acceptors (Lipinski definition) is 6. The summed E-state index contributed by atoms with van der Waals surface area (Å²) in [5.41, 5.74) is 1.28. The average molecular weight is 601 g/mol. The fraction of sp³-hybridized carbons (Fsp3) is 0.216. The van der Waals surface area contributed by atoms with Crippen LogP contribution in [0.4, 0.5) is 0 Å². The minimum absolute atomic E-state index is 0.00825. The summed E-state index contributed by atoms with van der Waals surface area (Å²) in [6, 6.07) is 38.3. The first-order valence-corrected chi connectivity index (χ1v) is 15.0. The fourth-order valence-electron chi connectivity index (χ4n) is 6.87. The van der Waals surface area contributed by atoms with E-state index in [9.17, 15) is 14.4 Å². The predicted molar refractivity (Wildman–Crippen MR) is 168 cm³/mol. The van der Waals surface area contributed by atoms with Crippen LogP contribution in [0.25, 0.3) is 0 Å². The number of benzene rings is 4. The molecule has 8 nitrogen and oxygen atoms in total. The second-order valence-corrected chi connectivity index (χ2v) is 11.4. The normalized spacial score (nSPS) is 22.0. The summed E-state index contributed by atoms with van der Waals surface area (Å²) in [7, 11) is 1.63. The number of fused-ring (bicyclic) bond motifs is 1. The molecule has 5 aromatic rings. The topological polar surface area (TPSA) is 99.6 Å². The molecular weight excluding hydrogens is 568 g/mol. The van der Waals surface area contributed by atoms with Gasteiger partial charge in [-0.1, -0.05) is 103 Å². The van der Waals surface area contributed by atoms with Crippen LogP contribution in [-0.2, 0) is 15.1 Å². The monoisotopic (exact) mass is 600 g/mol. The average Bonchev–Trinajstić information content (AvgIpc) is 3.72. The van der Waals surface area contributed by atoms with E-state index in [1.54, 1.807) is 7.11 Å². The Morgan fingerprint density at radius 1 is 0.778 bits per heavy atom. The summed E-state index contributed by atoms with van der Waals surface area (Å²) in [5.74, 6) is -0.0538. The molecule has 2 fully saturated rings. The molecule has 8 heteroatoms. The Bertz CT molecular complexity index is 1870. The van der Waals surface area contributed by atoms with Crippen molar-refractivity contribution < 1.29 is 19.0 Å².